The molecule has 0 aromatic heterocycles. The van der Waals surface area contributed by atoms with Crippen molar-refractivity contribution in [3.05, 3.63) is 94.6 Å². The summed E-state index contributed by atoms with van der Waals surface area (Å²) < 4.78 is 105. The monoisotopic (exact) mass is 554 g/mol. The highest BCUT2D eigenvalue weighted by Gasteiger charge is 2.38. The van der Waals surface area contributed by atoms with Crippen LogP contribution in [0.1, 0.15) is 28.2 Å². The van der Waals surface area contributed by atoms with Crippen molar-refractivity contribution < 1.29 is 39.8 Å². The minimum Gasteiger partial charge on any atom is -0.406 e. The van der Waals surface area contributed by atoms with Gasteiger partial charge in [0.1, 0.15) is 17.4 Å². The number of hydrogen-bond acceptors (Lipinski definition) is 4. The Kier molecular flexibility index (Phi) is 7.05. The summed E-state index contributed by atoms with van der Waals surface area (Å²) in [7, 11) is -4.11. The van der Waals surface area contributed by atoms with E-state index < -0.39 is 46.0 Å². The van der Waals surface area contributed by atoms with Crippen LogP contribution >= 0.6 is 0 Å². The molecule has 1 fully saturated rings. The van der Waals surface area contributed by atoms with E-state index in [4.69, 9.17) is 4.74 Å². The first-order chi connectivity index (χ1) is 18.0. The molecule has 5 rings (SSSR count). The number of rotatable bonds is 5. The lowest BCUT2D eigenvalue weighted by Crippen LogP contribution is -2.49. The first-order valence-electron chi connectivity index (χ1n) is 11.8. The summed E-state index contributed by atoms with van der Waals surface area (Å²) in [6, 6.07) is 13.2. The van der Waals surface area contributed by atoms with Gasteiger partial charge in [0.15, 0.2) is 0 Å². The molecule has 1 aliphatic carbocycles. The van der Waals surface area contributed by atoms with E-state index >= 15 is 0 Å². The van der Waals surface area contributed by atoms with Crippen LogP contribution in [0.3, 0.4) is 0 Å². The number of benzene rings is 3. The van der Waals surface area contributed by atoms with Crippen molar-refractivity contribution in [3.8, 4) is 5.75 Å². The lowest BCUT2D eigenvalue weighted by Gasteiger charge is -2.37. The van der Waals surface area contributed by atoms with E-state index in [1.165, 1.54) is 28.6 Å². The summed E-state index contributed by atoms with van der Waals surface area (Å²) in [5, 5.41) is 0. The highest BCUT2D eigenvalue weighted by atomic mass is 32.2. The molecule has 6 nitrogen and oxygen atoms in total. The van der Waals surface area contributed by atoms with Crippen LogP contribution in [0.25, 0.3) is 0 Å². The van der Waals surface area contributed by atoms with Gasteiger partial charge in [-0.05, 0) is 83.6 Å². The lowest BCUT2D eigenvalue weighted by atomic mass is 9.83. The average molecular weight is 555 g/mol. The standard InChI is InChI=1S/C26H23F5N2O4S/c27-18-3-9-22-16(13-18)1-2-17-14-19(28)4-10-23(17)25(22)24-15-33(11-12-36-24)38(34,35)32-20-5-7-21(8-6-20)37-26(29,30)31/h3-10,13-14,24-25,32H,1-2,11-12,15H2. The van der Waals surface area contributed by atoms with Crippen molar-refractivity contribution in [2.45, 2.75) is 31.2 Å². The molecule has 3 aromatic carbocycles. The van der Waals surface area contributed by atoms with Gasteiger partial charge < -0.3 is 9.47 Å². The van der Waals surface area contributed by atoms with Crippen LogP contribution in [0.5, 0.6) is 5.75 Å². The van der Waals surface area contributed by atoms with Crippen LogP contribution in [0, 0.1) is 11.6 Å². The van der Waals surface area contributed by atoms with Gasteiger partial charge in [0.2, 0.25) is 0 Å². The van der Waals surface area contributed by atoms with Crippen molar-refractivity contribution in [1.29, 1.82) is 0 Å². The summed E-state index contributed by atoms with van der Waals surface area (Å²) in [5.41, 5.74) is 3.12. The van der Waals surface area contributed by atoms with Gasteiger partial charge in [0.05, 0.1) is 18.4 Å². The lowest BCUT2D eigenvalue weighted by molar-refractivity contribution is -0.274. The predicted molar refractivity (Wildman–Crippen MR) is 129 cm³/mol. The van der Waals surface area contributed by atoms with E-state index in [1.54, 1.807) is 12.1 Å². The molecule has 3 aromatic rings. The number of nitrogens with zero attached hydrogens (tertiary/aromatic N) is 1. The zero-order valence-electron chi connectivity index (χ0n) is 19.8. The molecule has 1 aliphatic heterocycles. The maximum Gasteiger partial charge on any atom is 0.573 e. The Morgan fingerprint density at radius 3 is 2.03 bits per heavy atom. The number of alkyl halides is 3. The van der Waals surface area contributed by atoms with Crippen LogP contribution in [-0.4, -0.2) is 44.9 Å². The smallest absolute Gasteiger partial charge is 0.406 e. The molecule has 202 valence electrons. The number of nitrogens with one attached hydrogen (secondary N) is 1. The van der Waals surface area contributed by atoms with E-state index in [1.807, 2.05) is 0 Å². The topological polar surface area (TPSA) is 67.9 Å². The third-order valence-electron chi connectivity index (χ3n) is 6.65. The second-order valence-corrected chi connectivity index (χ2v) is 10.8. The van der Waals surface area contributed by atoms with Gasteiger partial charge >= 0.3 is 16.6 Å². The fourth-order valence-electron chi connectivity index (χ4n) is 5.03. The number of ether oxygens (including phenoxy) is 2. The maximum atomic E-state index is 14.1. The second-order valence-electron chi connectivity index (χ2n) is 9.11. The Morgan fingerprint density at radius 1 is 0.895 bits per heavy atom. The van der Waals surface area contributed by atoms with Crippen molar-refractivity contribution >= 4 is 15.9 Å². The summed E-state index contributed by atoms with van der Waals surface area (Å²) in [6.07, 6.45) is -4.54. The molecule has 1 heterocycles. The fraction of sp³-hybridized carbons (Fsp3) is 0.308. The quantitative estimate of drug-likeness (QED) is 0.443. The zero-order valence-corrected chi connectivity index (χ0v) is 20.7. The third-order valence-corrected chi connectivity index (χ3v) is 8.15. The van der Waals surface area contributed by atoms with Crippen molar-refractivity contribution in [2.24, 2.45) is 0 Å². The minimum absolute atomic E-state index is 0.0420. The van der Waals surface area contributed by atoms with E-state index in [2.05, 4.69) is 9.46 Å². The number of anilines is 1. The highest BCUT2D eigenvalue weighted by molar-refractivity contribution is 7.90. The SMILES string of the molecule is O=S(=O)(Nc1ccc(OC(F)(F)F)cc1)N1CCOC(C2c3ccc(F)cc3CCc3cc(F)ccc32)C1. The Hall–Kier alpha value is -3.22. The van der Waals surface area contributed by atoms with Gasteiger partial charge in [-0.1, -0.05) is 12.1 Å². The molecule has 1 saturated heterocycles. The van der Waals surface area contributed by atoms with E-state index in [9.17, 15) is 30.4 Å². The Labute approximate surface area is 216 Å². The first-order valence-corrected chi connectivity index (χ1v) is 13.2. The molecule has 0 amide bonds. The minimum atomic E-state index is -4.86. The Bertz CT molecular complexity index is 1380. The summed E-state index contributed by atoms with van der Waals surface area (Å²) in [6.45, 7) is 0.0662. The Balaban J connectivity index is 1.41. The van der Waals surface area contributed by atoms with Crippen LogP contribution < -0.4 is 9.46 Å². The normalized spacial score (nSPS) is 18.8. The van der Waals surface area contributed by atoms with Gasteiger partial charge in [-0.25, -0.2) is 8.78 Å². The van der Waals surface area contributed by atoms with Crippen LogP contribution in [0.2, 0.25) is 0 Å². The number of halogens is 5. The largest absolute Gasteiger partial charge is 0.573 e. The van der Waals surface area contributed by atoms with Crippen molar-refractivity contribution in [3.63, 3.8) is 0 Å². The van der Waals surface area contributed by atoms with E-state index in [0.29, 0.717) is 12.8 Å². The maximum absolute atomic E-state index is 14.1. The number of aryl methyl sites for hydroxylation is 2. The molecule has 1 N–H and O–H groups in total. The molecule has 12 heteroatoms. The molecule has 1 unspecified atom stereocenters. The van der Waals surface area contributed by atoms with Crippen LogP contribution in [0.15, 0.2) is 60.7 Å². The molecule has 0 spiro atoms. The molecular formula is C26H23F5N2O4S. The van der Waals surface area contributed by atoms with Gasteiger partial charge in [-0.15, -0.1) is 13.2 Å². The summed E-state index contributed by atoms with van der Waals surface area (Å²) >= 11 is 0. The fourth-order valence-corrected chi connectivity index (χ4v) is 6.26. The van der Waals surface area contributed by atoms with Gasteiger partial charge in [-0.2, -0.15) is 12.7 Å². The van der Waals surface area contributed by atoms with Crippen LogP contribution in [-0.2, 0) is 27.8 Å². The van der Waals surface area contributed by atoms with Gasteiger partial charge in [0, 0.05) is 19.0 Å². The summed E-state index contributed by atoms with van der Waals surface area (Å²) in [4.78, 5) is 0. The number of fused-ring (bicyclic) bond motifs is 2. The first kappa shape index (κ1) is 26.4. The summed E-state index contributed by atoms with van der Waals surface area (Å²) in [5.74, 6) is -1.75. The number of hydrogen-bond donors (Lipinski definition) is 1. The predicted octanol–water partition coefficient (Wildman–Crippen LogP) is 5.15. The number of morpholine rings is 1. The average Bonchev–Trinajstić information content (AvgIpc) is 3.00. The Morgan fingerprint density at radius 2 is 1.47 bits per heavy atom. The molecular weight excluding hydrogens is 531 g/mol. The van der Waals surface area contributed by atoms with Crippen LogP contribution in [0.4, 0.5) is 27.6 Å². The van der Waals surface area contributed by atoms with Crippen molar-refractivity contribution in [1.82, 2.24) is 4.31 Å². The third kappa shape index (κ3) is 5.77. The molecule has 1 atom stereocenters. The molecule has 0 bridgehead atoms. The second kappa shape index (κ2) is 10.2. The molecule has 38 heavy (non-hydrogen) atoms. The molecule has 0 saturated carbocycles. The molecule has 0 radical (unpaired) electrons. The van der Waals surface area contributed by atoms with Gasteiger partial charge in [-0.3, -0.25) is 4.72 Å². The molecule has 2 aliphatic rings. The van der Waals surface area contributed by atoms with E-state index in [0.717, 1.165) is 46.5 Å². The van der Waals surface area contributed by atoms with E-state index in [-0.39, 0.29) is 25.4 Å². The van der Waals surface area contributed by atoms with Crippen molar-refractivity contribution in [2.75, 3.05) is 24.4 Å². The van der Waals surface area contributed by atoms with Gasteiger partial charge in [0.25, 0.3) is 0 Å². The zero-order chi connectivity index (χ0) is 27.1. The highest BCUT2D eigenvalue weighted by Crippen LogP contribution is 2.39.